The van der Waals surface area contributed by atoms with Crippen LogP contribution in [0.25, 0.3) is 33.1 Å². The van der Waals surface area contributed by atoms with E-state index in [0.29, 0.717) is 11.8 Å². The average Bonchev–Trinajstić information content (AvgIpc) is 3.19. The Balaban J connectivity index is 1.69. The highest BCUT2D eigenvalue weighted by Gasteiger charge is 2.41. The fourth-order valence-corrected chi connectivity index (χ4v) is 5.56. The summed E-state index contributed by atoms with van der Waals surface area (Å²) in [6.07, 6.45) is 9.53. The van der Waals surface area contributed by atoms with Crippen LogP contribution in [0.4, 0.5) is 0 Å². The molecule has 0 saturated heterocycles. The summed E-state index contributed by atoms with van der Waals surface area (Å²) in [4.78, 5) is 0. The van der Waals surface area contributed by atoms with Gasteiger partial charge in [-0.1, -0.05) is 72.8 Å². The fraction of sp³-hybridized carbons (Fsp3) is 0.0769. The highest BCUT2D eigenvalue weighted by atomic mass is 14.4. The van der Waals surface area contributed by atoms with Crippen LogP contribution in [0.3, 0.4) is 0 Å². The molecule has 0 saturated carbocycles. The summed E-state index contributed by atoms with van der Waals surface area (Å²) in [6.45, 7) is 0. The van der Waals surface area contributed by atoms with E-state index >= 15 is 0 Å². The largest absolute Gasteiger partial charge is 0.0616 e. The molecule has 3 aromatic carbocycles. The number of rotatable bonds is 0. The van der Waals surface area contributed by atoms with Crippen molar-refractivity contribution in [2.75, 3.05) is 0 Å². The summed E-state index contributed by atoms with van der Waals surface area (Å²) in [6, 6.07) is 22.4. The highest BCUT2D eigenvalue weighted by molar-refractivity contribution is 5.99. The third-order valence-corrected chi connectivity index (χ3v) is 6.62. The molecule has 0 spiro atoms. The first kappa shape index (κ1) is 13.1. The first-order valence-electron chi connectivity index (χ1n) is 9.37. The van der Waals surface area contributed by atoms with Gasteiger partial charge in [-0.2, -0.15) is 0 Å². The van der Waals surface area contributed by atoms with Gasteiger partial charge in [0.1, 0.15) is 0 Å². The van der Waals surface area contributed by atoms with Gasteiger partial charge in [-0.25, -0.2) is 0 Å². The molecule has 0 fully saturated rings. The molecular formula is C26H16. The second-order valence-corrected chi connectivity index (χ2v) is 7.73. The van der Waals surface area contributed by atoms with Crippen LogP contribution in [0.2, 0.25) is 0 Å². The minimum Gasteiger partial charge on any atom is -0.0616 e. The minimum atomic E-state index is 0.481. The number of fused-ring (bicyclic) bond motifs is 3. The Kier molecular flexibility index (Phi) is 2.19. The van der Waals surface area contributed by atoms with Crippen LogP contribution >= 0.6 is 0 Å². The Labute approximate surface area is 151 Å². The second kappa shape index (κ2) is 4.34. The molecule has 0 atom stereocenters. The van der Waals surface area contributed by atoms with Gasteiger partial charge in [0.05, 0.1) is 0 Å². The smallest absolute Gasteiger partial charge is 0.0211 e. The maximum Gasteiger partial charge on any atom is 0.0211 e. The SMILES string of the molecule is C1=CC2=c3cc4ccccc4cc3=C3C=CC4=c5ccccc5=C1C4C23. The standard InChI is InChI=1S/C26H16/c1-2-6-16-14-24-22-12-10-20-18-8-4-3-7-17(18)19-9-11-21(26(22)25(19)20)23(24)13-15(16)5-1/h1-14,25-26H. The van der Waals surface area contributed by atoms with Crippen molar-refractivity contribution in [3.63, 3.8) is 0 Å². The first-order chi connectivity index (χ1) is 12.9. The summed E-state index contributed by atoms with van der Waals surface area (Å²) in [5, 5.41) is 8.39. The van der Waals surface area contributed by atoms with E-state index in [-0.39, 0.29) is 0 Å². The van der Waals surface area contributed by atoms with Gasteiger partial charge >= 0.3 is 0 Å². The summed E-state index contributed by atoms with van der Waals surface area (Å²) < 4.78 is 0. The van der Waals surface area contributed by atoms with Crippen molar-refractivity contribution in [3.05, 3.63) is 106 Å². The number of allylic oxidation sites excluding steroid dienone is 4. The van der Waals surface area contributed by atoms with Crippen molar-refractivity contribution in [2.45, 2.75) is 0 Å². The average molecular weight is 328 g/mol. The predicted octanol–water partition coefficient (Wildman–Crippen LogP) is 2.54. The zero-order chi connectivity index (χ0) is 16.8. The van der Waals surface area contributed by atoms with Crippen LogP contribution in [0.15, 0.2) is 85.0 Å². The number of benzene rings is 3. The van der Waals surface area contributed by atoms with E-state index < -0.39 is 0 Å². The minimum absolute atomic E-state index is 0.481. The van der Waals surface area contributed by atoms with E-state index in [4.69, 9.17) is 0 Å². The summed E-state index contributed by atoms with van der Waals surface area (Å²) in [7, 11) is 0. The van der Waals surface area contributed by atoms with Crippen LogP contribution in [0.5, 0.6) is 0 Å². The molecule has 26 heavy (non-hydrogen) atoms. The Morgan fingerprint density at radius 2 is 0.808 bits per heavy atom. The van der Waals surface area contributed by atoms with Gasteiger partial charge in [-0.3, -0.25) is 0 Å². The summed E-state index contributed by atoms with van der Waals surface area (Å²) in [5.74, 6) is 0.970. The highest BCUT2D eigenvalue weighted by Crippen LogP contribution is 2.49. The molecule has 0 N–H and O–H groups in total. The van der Waals surface area contributed by atoms with Crippen molar-refractivity contribution in [1.29, 1.82) is 0 Å². The van der Waals surface area contributed by atoms with E-state index in [1.165, 1.54) is 53.9 Å². The van der Waals surface area contributed by atoms with Crippen molar-refractivity contribution < 1.29 is 0 Å². The molecule has 4 aliphatic carbocycles. The van der Waals surface area contributed by atoms with E-state index in [1.54, 1.807) is 0 Å². The van der Waals surface area contributed by atoms with Gasteiger partial charge in [0.25, 0.3) is 0 Å². The summed E-state index contributed by atoms with van der Waals surface area (Å²) >= 11 is 0. The molecule has 0 amide bonds. The lowest BCUT2D eigenvalue weighted by Gasteiger charge is -2.33. The van der Waals surface area contributed by atoms with E-state index in [2.05, 4.69) is 85.0 Å². The predicted molar refractivity (Wildman–Crippen MR) is 108 cm³/mol. The maximum atomic E-state index is 2.40. The van der Waals surface area contributed by atoms with Gasteiger partial charge in [-0.05, 0) is 66.1 Å². The van der Waals surface area contributed by atoms with Crippen LogP contribution in [0, 0.1) is 11.8 Å². The molecule has 0 radical (unpaired) electrons. The van der Waals surface area contributed by atoms with E-state index in [0.717, 1.165) is 0 Å². The molecule has 7 rings (SSSR count). The monoisotopic (exact) mass is 328 g/mol. The van der Waals surface area contributed by atoms with Gasteiger partial charge in [-0.15, -0.1) is 0 Å². The topological polar surface area (TPSA) is 0 Å². The van der Waals surface area contributed by atoms with E-state index in [9.17, 15) is 0 Å². The van der Waals surface area contributed by atoms with Crippen molar-refractivity contribution >= 4 is 33.1 Å². The molecule has 0 bridgehead atoms. The van der Waals surface area contributed by atoms with Gasteiger partial charge in [0.15, 0.2) is 0 Å². The molecule has 0 unspecified atom stereocenters. The quantitative estimate of drug-likeness (QED) is 0.595. The molecule has 0 heteroatoms. The lowest BCUT2D eigenvalue weighted by atomic mass is 9.70. The van der Waals surface area contributed by atoms with Crippen LogP contribution < -0.4 is 20.9 Å². The third kappa shape index (κ3) is 1.40. The number of hydrogen-bond acceptors (Lipinski definition) is 0. The zero-order valence-corrected chi connectivity index (χ0v) is 14.2. The lowest BCUT2D eigenvalue weighted by Crippen LogP contribution is -2.24. The van der Waals surface area contributed by atoms with Gasteiger partial charge in [0.2, 0.25) is 0 Å². The molecular weight excluding hydrogens is 312 g/mol. The van der Waals surface area contributed by atoms with Crippen LogP contribution in [-0.4, -0.2) is 0 Å². The fourth-order valence-electron chi connectivity index (χ4n) is 5.56. The summed E-state index contributed by atoms with van der Waals surface area (Å²) in [5.41, 5.74) is 6.01. The molecule has 0 nitrogen and oxygen atoms in total. The molecule has 0 aromatic heterocycles. The third-order valence-electron chi connectivity index (χ3n) is 6.62. The second-order valence-electron chi connectivity index (χ2n) is 7.73. The Hall–Kier alpha value is -3.12. The molecule has 120 valence electrons. The van der Waals surface area contributed by atoms with Crippen molar-refractivity contribution in [3.8, 4) is 0 Å². The molecule has 3 aromatic rings. The molecule has 4 aliphatic rings. The zero-order valence-electron chi connectivity index (χ0n) is 14.2. The molecule has 0 heterocycles. The van der Waals surface area contributed by atoms with Gasteiger partial charge in [0, 0.05) is 11.8 Å². The van der Waals surface area contributed by atoms with Gasteiger partial charge < -0.3 is 0 Å². The Bertz CT molecular complexity index is 1360. The van der Waals surface area contributed by atoms with Crippen molar-refractivity contribution in [2.24, 2.45) is 11.8 Å². The lowest BCUT2D eigenvalue weighted by molar-refractivity contribution is 0.746. The normalized spacial score (nSPS) is 23.5. The van der Waals surface area contributed by atoms with Crippen LogP contribution in [-0.2, 0) is 0 Å². The van der Waals surface area contributed by atoms with Crippen LogP contribution in [0.1, 0.15) is 0 Å². The Morgan fingerprint density at radius 3 is 1.27 bits per heavy atom. The maximum absolute atomic E-state index is 2.40. The molecule has 0 aliphatic heterocycles. The Morgan fingerprint density at radius 1 is 0.423 bits per heavy atom. The first-order valence-corrected chi connectivity index (χ1v) is 9.37. The number of hydrogen-bond donors (Lipinski definition) is 0. The van der Waals surface area contributed by atoms with Crippen molar-refractivity contribution in [1.82, 2.24) is 0 Å². The van der Waals surface area contributed by atoms with E-state index in [1.807, 2.05) is 0 Å².